The number of halogens is 3. The van der Waals surface area contributed by atoms with Crippen molar-refractivity contribution in [3.63, 3.8) is 0 Å². The van der Waals surface area contributed by atoms with Gasteiger partial charge < -0.3 is 5.73 Å². The predicted octanol–water partition coefficient (Wildman–Crippen LogP) is 1.85. The number of aliphatic imine (C=N–C) groups is 1. The van der Waals surface area contributed by atoms with E-state index in [1.165, 1.54) is 6.08 Å². The van der Waals surface area contributed by atoms with E-state index in [9.17, 15) is 8.78 Å². The van der Waals surface area contributed by atoms with Gasteiger partial charge >= 0.3 is 0 Å². The largest absolute Gasteiger partial charge is 0.397 e. The van der Waals surface area contributed by atoms with Gasteiger partial charge in [-0.3, -0.25) is 4.99 Å². The van der Waals surface area contributed by atoms with Crippen LogP contribution in [0.25, 0.3) is 0 Å². The highest BCUT2D eigenvalue weighted by molar-refractivity contribution is 14.2. The van der Waals surface area contributed by atoms with E-state index in [4.69, 9.17) is 5.73 Å². The van der Waals surface area contributed by atoms with E-state index in [0.29, 0.717) is 18.8 Å². The number of nitrogens with two attached hydrogens (primary N) is 1. The summed E-state index contributed by atoms with van der Waals surface area (Å²) in [5.41, 5.74) is 5.35. The summed E-state index contributed by atoms with van der Waals surface area (Å²) >= 11 is 2.15. The molecule has 1 aliphatic rings. The summed E-state index contributed by atoms with van der Waals surface area (Å²) in [5, 5.41) is 0. The first-order chi connectivity index (χ1) is 6.63. The Labute approximate surface area is 97.5 Å². The fraction of sp³-hybridized carbons (Fsp3) is 0.571. The summed E-state index contributed by atoms with van der Waals surface area (Å²) in [7, 11) is 1.55. The van der Waals surface area contributed by atoms with Crippen molar-refractivity contribution >= 4 is 36.0 Å². The Morgan fingerprint density at radius 3 is 3.00 bits per heavy atom. The van der Waals surface area contributed by atoms with Crippen LogP contribution >= 0.6 is 30.3 Å². The molecule has 0 saturated carbocycles. The molecule has 80 valence electrons. The molecule has 0 unspecified atom stereocenters. The second-order valence-corrected chi connectivity index (χ2v) is 4.59. The minimum absolute atomic E-state index is 0.413. The number of nitrogens with zero attached hydrogens (tertiary/aromatic N) is 2. The number of rotatable bonds is 3. The fourth-order valence-corrected chi connectivity index (χ4v) is 2.36. The van der Waals surface area contributed by atoms with Crippen LogP contribution < -0.4 is 5.73 Å². The lowest BCUT2D eigenvalue weighted by Gasteiger charge is -2.21. The SMILES string of the molecule is N/C(=C\C1=NCCN(SI)C1)C(F)F. The molecule has 14 heavy (non-hydrogen) atoms. The van der Waals surface area contributed by atoms with Crippen LogP contribution in [0, 0.1) is 0 Å². The van der Waals surface area contributed by atoms with Gasteiger partial charge in [0.05, 0.1) is 24.5 Å². The number of allylic oxidation sites excluding steroid dienone is 1. The highest BCUT2D eigenvalue weighted by atomic mass is 127. The van der Waals surface area contributed by atoms with Crippen molar-refractivity contribution in [2.45, 2.75) is 6.43 Å². The Bertz CT molecular complexity index is 257. The molecule has 1 aliphatic heterocycles. The molecule has 0 atom stereocenters. The first-order valence-corrected chi connectivity index (χ1v) is 7.27. The third-order valence-electron chi connectivity index (χ3n) is 1.69. The molecule has 1 heterocycles. The Morgan fingerprint density at radius 1 is 1.71 bits per heavy atom. The Morgan fingerprint density at radius 2 is 2.43 bits per heavy atom. The molecule has 0 aliphatic carbocycles. The molecule has 0 aromatic rings. The Balaban J connectivity index is 2.61. The molecular formula is C7H10F2IN3S. The normalized spacial score (nSPS) is 20.0. The van der Waals surface area contributed by atoms with Crippen molar-refractivity contribution in [1.82, 2.24) is 4.31 Å². The van der Waals surface area contributed by atoms with Gasteiger partial charge in [-0.05, 0) is 15.2 Å². The molecule has 7 heteroatoms. The van der Waals surface area contributed by atoms with Gasteiger partial charge in [-0.1, -0.05) is 0 Å². The monoisotopic (exact) mass is 333 g/mol. The molecule has 0 bridgehead atoms. The van der Waals surface area contributed by atoms with Crippen LogP contribution in [-0.4, -0.2) is 36.1 Å². The highest BCUT2D eigenvalue weighted by Crippen LogP contribution is 2.19. The predicted molar refractivity (Wildman–Crippen MR) is 63.8 cm³/mol. The first-order valence-electron chi connectivity index (χ1n) is 3.95. The first kappa shape index (κ1) is 12.2. The number of hydrogen-bond acceptors (Lipinski definition) is 4. The molecule has 0 radical (unpaired) electrons. The zero-order valence-electron chi connectivity index (χ0n) is 7.29. The van der Waals surface area contributed by atoms with E-state index < -0.39 is 12.1 Å². The molecular weight excluding hydrogens is 323 g/mol. The van der Waals surface area contributed by atoms with Gasteiger partial charge in [-0.25, -0.2) is 13.1 Å². The van der Waals surface area contributed by atoms with Crippen molar-refractivity contribution in [3.8, 4) is 0 Å². The van der Waals surface area contributed by atoms with Crippen molar-refractivity contribution in [2.75, 3.05) is 19.6 Å². The average molecular weight is 333 g/mol. The maximum atomic E-state index is 12.1. The summed E-state index contributed by atoms with van der Waals surface area (Å²) in [5.74, 6) is 0. The topological polar surface area (TPSA) is 41.6 Å². The van der Waals surface area contributed by atoms with Gasteiger partial charge in [0, 0.05) is 27.8 Å². The van der Waals surface area contributed by atoms with Crippen molar-refractivity contribution in [3.05, 3.63) is 11.8 Å². The molecule has 0 aromatic heterocycles. The van der Waals surface area contributed by atoms with E-state index in [0.717, 1.165) is 6.54 Å². The number of hydrogen-bond donors (Lipinski definition) is 1. The van der Waals surface area contributed by atoms with Crippen molar-refractivity contribution in [1.29, 1.82) is 0 Å². The lowest BCUT2D eigenvalue weighted by atomic mass is 10.2. The maximum Gasteiger partial charge on any atom is 0.277 e. The zero-order valence-corrected chi connectivity index (χ0v) is 10.3. The van der Waals surface area contributed by atoms with Crippen LogP contribution in [-0.2, 0) is 0 Å². The third kappa shape index (κ3) is 3.70. The quantitative estimate of drug-likeness (QED) is 0.633. The summed E-state index contributed by atoms with van der Waals surface area (Å²) in [4.78, 5) is 4.12. The van der Waals surface area contributed by atoms with Crippen LogP contribution in [0.1, 0.15) is 0 Å². The lowest BCUT2D eigenvalue weighted by Crippen LogP contribution is -2.30. The maximum absolute atomic E-state index is 12.1. The van der Waals surface area contributed by atoms with Crippen LogP contribution in [0.4, 0.5) is 8.78 Å². The molecule has 0 saturated heterocycles. The van der Waals surface area contributed by atoms with Crippen molar-refractivity contribution in [2.24, 2.45) is 10.7 Å². The standard InChI is InChI=1S/C7H10F2IN3S/c8-7(9)6(11)3-5-4-13(14-10)2-1-12-5/h3,7H,1-2,4,11H2/b6-3-. The Hall–Kier alpha value is 0.110. The molecule has 1 rings (SSSR count). The van der Waals surface area contributed by atoms with E-state index in [1.54, 1.807) is 9.12 Å². The van der Waals surface area contributed by atoms with E-state index in [-0.39, 0.29) is 0 Å². The summed E-state index contributed by atoms with van der Waals surface area (Å²) in [6.45, 7) is 2.05. The molecule has 0 spiro atoms. The second kappa shape index (κ2) is 5.86. The Kier molecular flexibility index (Phi) is 5.10. The molecule has 2 N–H and O–H groups in total. The number of alkyl halides is 2. The van der Waals surface area contributed by atoms with Crippen LogP contribution in [0.5, 0.6) is 0 Å². The van der Waals surface area contributed by atoms with Gasteiger partial charge in [0.25, 0.3) is 6.43 Å². The van der Waals surface area contributed by atoms with Gasteiger partial charge in [-0.2, -0.15) is 0 Å². The van der Waals surface area contributed by atoms with E-state index >= 15 is 0 Å². The van der Waals surface area contributed by atoms with Gasteiger partial charge in [0.2, 0.25) is 0 Å². The second-order valence-electron chi connectivity index (χ2n) is 2.75. The van der Waals surface area contributed by atoms with Crippen LogP contribution in [0.3, 0.4) is 0 Å². The summed E-state index contributed by atoms with van der Waals surface area (Å²) < 4.78 is 26.2. The molecule has 0 fully saturated rings. The molecule has 0 aromatic carbocycles. The van der Waals surface area contributed by atoms with E-state index in [1.807, 2.05) is 4.31 Å². The average Bonchev–Trinajstić information content (AvgIpc) is 2.18. The van der Waals surface area contributed by atoms with Crippen molar-refractivity contribution < 1.29 is 8.78 Å². The van der Waals surface area contributed by atoms with Crippen LogP contribution in [0.2, 0.25) is 0 Å². The van der Waals surface area contributed by atoms with Gasteiger partial charge in [-0.15, -0.1) is 0 Å². The smallest absolute Gasteiger partial charge is 0.277 e. The molecule has 0 amide bonds. The summed E-state index contributed by atoms with van der Waals surface area (Å²) in [6, 6.07) is 0. The van der Waals surface area contributed by atoms with Gasteiger partial charge in [0.15, 0.2) is 0 Å². The highest BCUT2D eigenvalue weighted by Gasteiger charge is 2.14. The molecule has 3 nitrogen and oxygen atoms in total. The minimum atomic E-state index is -2.60. The summed E-state index contributed by atoms with van der Waals surface area (Å²) in [6.07, 6.45) is -1.33. The lowest BCUT2D eigenvalue weighted by molar-refractivity contribution is 0.188. The fourth-order valence-electron chi connectivity index (χ4n) is 1.02. The van der Waals surface area contributed by atoms with E-state index in [2.05, 4.69) is 26.2 Å². The minimum Gasteiger partial charge on any atom is -0.397 e. The zero-order chi connectivity index (χ0) is 10.6. The third-order valence-corrected chi connectivity index (χ3v) is 3.86. The van der Waals surface area contributed by atoms with Gasteiger partial charge in [0.1, 0.15) is 0 Å². The van der Waals surface area contributed by atoms with Crippen LogP contribution in [0.15, 0.2) is 16.8 Å².